The van der Waals surface area contributed by atoms with Crippen LogP contribution >= 0.6 is 0 Å². The normalized spacial score (nSPS) is 21.2. The molecule has 0 aliphatic carbocycles. The first-order valence-corrected chi connectivity index (χ1v) is 7.32. The zero-order chi connectivity index (χ0) is 13.7. The second-order valence-electron chi connectivity index (χ2n) is 5.11. The van der Waals surface area contributed by atoms with E-state index in [4.69, 9.17) is 9.47 Å². The SMILES string of the molecule is CCCNC1c2cc(CCOC)ccc2OC1CC. The molecule has 2 rings (SSSR count). The highest BCUT2D eigenvalue weighted by Gasteiger charge is 2.32. The van der Waals surface area contributed by atoms with Crippen LogP contribution in [0.4, 0.5) is 0 Å². The fraction of sp³-hybridized carbons (Fsp3) is 0.625. The van der Waals surface area contributed by atoms with E-state index in [2.05, 4.69) is 37.4 Å². The third-order valence-electron chi connectivity index (χ3n) is 3.67. The van der Waals surface area contributed by atoms with Gasteiger partial charge in [-0.1, -0.05) is 26.0 Å². The Balaban J connectivity index is 2.16. The van der Waals surface area contributed by atoms with Crippen LogP contribution in [0.5, 0.6) is 5.75 Å². The van der Waals surface area contributed by atoms with Crippen LogP contribution in [0.1, 0.15) is 43.9 Å². The molecule has 106 valence electrons. The Bertz CT molecular complexity index is 406. The lowest BCUT2D eigenvalue weighted by atomic mass is 9.99. The van der Waals surface area contributed by atoms with Crippen molar-refractivity contribution in [2.45, 2.75) is 45.3 Å². The van der Waals surface area contributed by atoms with Gasteiger partial charge in [-0.25, -0.2) is 0 Å². The van der Waals surface area contributed by atoms with Crippen LogP contribution in [0.25, 0.3) is 0 Å². The van der Waals surface area contributed by atoms with Crippen LogP contribution in [-0.2, 0) is 11.2 Å². The zero-order valence-corrected chi connectivity index (χ0v) is 12.2. The molecule has 0 radical (unpaired) electrons. The summed E-state index contributed by atoms with van der Waals surface area (Å²) < 4.78 is 11.2. The fourth-order valence-corrected chi connectivity index (χ4v) is 2.62. The lowest BCUT2D eigenvalue weighted by molar-refractivity contribution is 0.185. The van der Waals surface area contributed by atoms with Crippen molar-refractivity contribution >= 4 is 0 Å². The summed E-state index contributed by atoms with van der Waals surface area (Å²) in [6, 6.07) is 6.86. The predicted octanol–water partition coefficient (Wildman–Crippen LogP) is 3.09. The van der Waals surface area contributed by atoms with Gasteiger partial charge in [-0.3, -0.25) is 0 Å². The molecular weight excluding hydrogens is 238 g/mol. The van der Waals surface area contributed by atoms with Gasteiger partial charge in [-0.2, -0.15) is 0 Å². The molecule has 1 heterocycles. The summed E-state index contributed by atoms with van der Waals surface area (Å²) in [6.45, 7) is 6.18. The van der Waals surface area contributed by atoms with Crippen LogP contribution in [0.3, 0.4) is 0 Å². The molecule has 0 bridgehead atoms. The van der Waals surface area contributed by atoms with Gasteiger partial charge >= 0.3 is 0 Å². The van der Waals surface area contributed by atoms with Crippen molar-refractivity contribution in [1.82, 2.24) is 5.32 Å². The molecule has 2 unspecified atom stereocenters. The van der Waals surface area contributed by atoms with Crippen molar-refractivity contribution < 1.29 is 9.47 Å². The average Bonchev–Trinajstić information content (AvgIpc) is 2.79. The minimum absolute atomic E-state index is 0.263. The van der Waals surface area contributed by atoms with E-state index in [0.717, 1.165) is 38.2 Å². The van der Waals surface area contributed by atoms with Crippen LogP contribution in [-0.4, -0.2) is 26.4 Å². The van der Waals surface area contributed by atoms with Gasteiger partial charge in [0.2, 0.25) is 0 Å². The maximum Gasteiger partial charge on any atom is 0.124 e. The number of rotatable bonds is 7. The Morgan fingerprint density at radius 3 is 2.84 bits per heavy atom. The molecule has 1 aromatic carbocycles. The molecule has 0 aromatic heterocycles. The molecule has 0 saturated carbocycles. The number of ether oxygens (including phenoxy) is 2. The highest BCUT2D eigenvalue weighted by atomic mass is 16.5. The Hall–Kier alpha value is -1.06. The van der Waals surface area contributed by atoms with E-state index in [-0.39, 0.29) is 6.10 Å². The monoisotopic (exact) mass is 263 g/mol. The van der Waals surface area contributed by atoms with Crippen LogP contribution in [0, 0.1) is 0 Å². The maximum absolute atomic E-state index is 6.03. The number of methoxy groups -OCH3 is 1. The van der Waals surface area contributed by atoms with E-state index >= 15 is 0 Å². The molecule has 3 nitrogen and oxygen atoms in total. The molecule has 0 fully saturated rings. The molecule has 0 amide bonds. The summed E-state index contributed by atoms with van der Waals surface area (Å²) in [4.78, 5) is 0. The number of fused-ring (bicyclic) bond motifs is 1. The second-order valence-corrected chi connectivity index (χ2v) is 5.11. The number of hydrogen-bond donors (Lipinski definition) is 1. The quantitative estimate of drug-likeness (QED) is 0.820. The Kier molecular flexibility index (Phi) is 5.23. The Morgan fingerprint density at radius 1 is 1.32 bits per heavy atom. The summed E-state index contributed by atoms with van der Waals surface area (Å²) in [5.74, 6) is 1.04. The van der Waals surface area contributed by atoms with Crippen molar-refractivity contribution in [3.05, 3.63) is 29.3 Å². The van der Waals surface area contributed by atoms with Crippen molar-refractivity contribution in [2.24, 2.45) is 0 Å². The van der Waals surface area contributed by atoms with E-state index in [1.807, 2.05) is 0 Å². The van der Waals surface area contributed by atoms with Gasteiger partial charge in [0, 0.05) is 12.7 Å². The van der Waals surface area contributed by atoms with Crippen molar-refractivity contribution in [3.63, 3.8) is 0 Å². The fourth-order valence-electron chi connectivity index (χ4n) is 2.62. The Labute approximate surface area is 116 Å². The van der Waals surface area contributed by atoms with E-state index < -0.39 is 0 Å². The molecular formula is C16H25NO2. The molecule has 1 aliphatic rings. The molecule has 1 N–H and O–H groups in total. The van der Waals surface area contributed by atoms with Crippen molar-refractivity contribution in [2.75, 3.05) is 20.3 Å². The summed E-state index contributed by atoms with van der Waals surface area (Å²) in [5.41, 5.74) is 2.64. The van der Waals surface area contributed by atoms with Gasteiger partial charge in [0.15, 0.2) is 0 Å². The second kappa shape index (κ2) is 6.92. The van der Waals surface area contributed by atoms with Crippen LogP contribution < -0.4 is 10.1 Å². The molecule has 1 aromatic rings. The largest absolute Gasteiger partial charge is 0.488 e. The first-order chi connectivity index (χ1) is 9.30. The minimum Gasteiger partial charge on any atom is -0.488 e. The zero-order valence-electron chi connectivity index (χ0n) is 12.2. The van der Waals surface area contributed by atoms with Crippen LogP contribution in [0.2, 0.25) is 0 Å². The molecule has 19 heavy (non-hydrogen) atoms. The van der Waals surface area contributed by atoms with Crippen molar-refractivity contribution in [1.29, 1.82) is 0 Å². The van der Waals surface area contributed by atoms with Gasteiger partial charge < -0.3 is 14.8 Å². The average molecular weight is 263 g/mol. The Morgan fingerprint density at radius 2 is 2.16 bits per heavy atom. The number of hydrogen-bond acceptors (Lipinski definition) is 3. The third-order valence-corrected chi connectivity index (χ3v) is 3.67. The summed E-state index contributed by atoms with van der Waals surface area (Å²) in [5, 5.41) is 3.62. The first-order valence-electron chi connectivity index (χ1n) is 7.32. The predicted molar refractivity (Wildman–Crippen MR) is 77.8 cm³/mol. The van der Waals surface area contributed by atoms with Gasteiger partial charge in [0.05, 0.1) is 12.6 Å². The lowest BCUT2D eigenvalue weighted by Crippen LogP contribution is -2.31. The summed E-state index contributed by atoms with van der Waals surface area (Å²) in [7, 11) is 1.75. The third kappa shape index (κ3) is 3.28. The van der Waals surface area contributed by atoms with E-state index in [0.29, 0.717) is 6.04 Å². The van der Waals surface area contributed by atoms with E-state index in [9.17, 15) is 0 Å². The highest BCUT2D eigenvalue weighted by Crippen LogP contribution is 2.38. The topological polar surface area (TPSA) is 30.5 Å². The summed E-state index contributed by atoms with van der Waals surface area (Å²) >= 11 is 0. The van der Waals surface area contributed by atoms with Gasteiger partial charge in [0.1, 0.15) is 11.9 Å². The standard InChI is InChI=1S/C16H25NO2/c1-4-9-17-16-13-11-12(8-10-18-3)6-7-15(13)19-14(16)5-2/h6-7,11,14,16-17H,4-5,8-10H2,1-3H3. The molecule has 0 spiro atoms. The smallest absolute Gasteiger partial charge is 0.124 e. The van der Waals surface area contributed by atoms with Gasteiger partial charge in [0.25, 0.3) is 0 Å². The summed E-state index contributed by atoms with van der Waals surface area (Å²) in [6.07, 6.45) is 3.40. The molecule has 2 atom stereocenters. The molecule has 3 heteroatoms. The van der Waals surface area contributed by atoms with Gasteiger partial charge in [-0.05, 0) is 37.4 Å². The van der Waals surface area contributed by atoms with Gasteiger partial charge in [-0.15, -0.1) is 0 Å². The number of nitrogens with one attached hydrogen (secondary N) is 1. The highest BCUT2D eigenvalue weighted by molar-refractivity contribution is 5.43. The van der Waals surface area contributed by atoms with Crippen LogP contribution in [0.15, 0.2) is 18.2 Å². The minimum atomic E-state index is 0.263. The van der Waals surface area contributed by atoms with Crippen molar-refractivity contribution in [3.8, 4) is 5.75 Å². The molecule has 1 aliphatic heterocycles. The van der Waals surface area contributed by atoms with E-state index in [1.165, 1.54) is 11.1 Å². The van der Waals surface area contributed by atoms with E-state index in [1.54, 1.807) is 7.11 Å². The first kappa shape index (κ1) is 14.4. The lowest BCUT2D eigenvalue weighted by Gasteiger charge is -2.18. The number of benzene rings is 1. The maximum atomic E-state index is 6.03. The molecule has 0 saturated heterocycles.